The monoisotopic (exact) mass is 388 g/mol. The van der Waals surface area contributed by atoms with Crippen LogP contribution in [0.4, 0.5) is 5.69 Å². The van der Waals surface area contributed by atoms with Crippen molar-refractivity contribution in [1.82, 2.24) is 4.31 Å². The first-order chi connectivity index (χ1) is 9.73. The standard InChI is InChI=1S/C14H17BrN2O2S2/c1-9-4-6-13(20-9)10(2)17(3)21(18,19)14-7-5-11(16)8-12(14)15/h4-8,10H,16H2,1-3H3. The smallest absolute Gasteiger partial charge is 0.244 e. The number of nitrogens with two attached hydrogens (primary N) is 1. The molecule has 4 nitrogen and oxygen atoms in total. The minimum absolute atomic E-state index is 0.222. The minimum atomic E-state index is -3.59. The molecule has 7 heteroatoms. The summed E-state index contributed by atoms with van der Waals surface area (Å²) in [6, 6.07) is 8.45. The first kappa shape index (κ1) is 16.5. The molecule has 1 unspecified atom stereocenters. The van der Waals surface area contributed by atoms with Crippen LogP contribution < -0.4 is 5.73 Å². The fourth-order valence-electron chi connectivity index (χ4n) is 1.95. The molecule has 1 atom stereocenters. The average Bonchev–Trinajstić information content (AvgIpc) is 2.83. The number of aryl methyl sites for hydroxylation is 1. The molecule has 0 spiro atoms. The number of nitrogens with zero attached hydrogens (tertiary/aromatic N) is 1. The van der Waals surface area contributed by atoms with Crippen molar-refractivity contribution in [3.05, 3.63) is 44.6 Å². The van der Waals surface area contributed by atoms with Gasteiger partial charge in [0.1, 0.15) is 0 Å². The third-order valence-corrected chi connectivity index (χ3v) is 7.41. The lowest BCUT2D eigenvalue weighted by Crippen LogP contribution is -2.29. The molecule has 114 valence electrons. The molecule has 2 rings (SSSR count). The highest BCUT2D eigenvalue weighted by Crippen LogP contribution is 2.33. The van der Waals surface area contributed by atoms with E-state index in [2.05, 4.69) is 15.9 Å². The van der Waals surface area contributed by atoms with Gasteiger partial charge in [0.15, 0.2) is 0 Å². The summed E-state index contributed by atoms with van der Waals surface area (Å²) in [6.07, 6.45) is 0. The van der Waals surface area contributed by atoms with Crippen LogP contribution in [0.5, 0.6) is 0 Å². The summed E-state index contributed by atoms with van der Waals surface area (Å²) in [5.41, 5.74) is 6.18. The molecular formula is C14H17BrN2O2S2. The Bertz CT molecular complexity index is 756. The van der Waals surface area contributed by atoms with Gasteiger partial charge in [-0.1, -0.05) is 0 Å². The van der Waals surface area contributed by atoms with Crippen LogP contribution in [0.15, 0.2) is 39.7 Å². The predicted molar refractivity (Wildman–Crippen MR) is 91.0 cm³/mol. The summed E-state index contributed by atoms with van der Waals surface area (Å²) in [4.78, 5) is 2.40. The summed E-state index contributed by atoms with van der Waals surface area (Å²) in [6.45, 7) is 3.89. The normalized spacial score (nSPS) is 13.6. The number of sulfonamides is 1. The Morgan fingerprint density at radius 2 is 1.95 bits per heavy atom. The molecule has 0 saturated carbocycles. The van der Waals surface area contributed by atoms with Crippen LogP contribution in [0, 0.1) is 6.92 Å². The van der Waals surface area contributed by atoms with Crippen molar-refractivity contribution in [3.63, 3.8) is 0 Å². The van der Waals surface area contributed by atoms with E-state index >= 15 is 0 Å². The first-order valence-electron chi connectivity index (χ1n) is 6.33. The number of hydrogen-bond acceptors (Lipinski definition) is 4. The number of anilines is 1. The Morgan fingerprint density at radius 1 is 1.29 bits per heavy atom. The van der Waals surface area contributed by atoms with Gasteiger partial charge in [-0.25, -0.2) is 8.42 Å². The maximum atomic E-state index is 12.7. The highest BCUT2D eigenvalue weighted by Gasteiger charge is 2.28. The van der Waals surface area contributed by atoms with E-state index in [0.29, 0.717) is 10.2 Å². The van der Waals surface area contributed by atoms with E-state index in [1.807, 2.05) is 26.0 Å². The Kier molecular flexibility index (Phi) is 4.77. The Morgan fingerprint density at radius 3 is 2.48 bits per heavy atom. The Hall–Kier alpha value is -0.890. The largest absolute Gasteiger partial charge is 0.399 e. The molecule has 1 heterocycles. The van der Waals surface area contributed by atoms with Gasteiger partial charge in [0.05, 0.1) is 10.9 Å². The summed E-state index contributed by atoms with van der Waals surface area (Å²) >= 11 is 4.88. The SMILES string of the molecule is Cc1ccc(C(C)N(C)S(=O)(=O)c2ccc(N)cc2Br)s1. The molecule has 2 aromatic rings. The van der Waals surface area contributed by atoms with Crippen molar-refractivity contribution in [2.24, 2.45) is 0 Å². The molecule has 0 aliphatic rings. The van der Waals surface area contributed by atoms with E-state index in [9.17, 15) is 8.42 Å². The average molecular weight is 389 g/mol. The number of rotatable bonds is 4. The molecule has 1 aromatic carbocycles. The van der Waals surface area contributed by atoms with Crippen LogP contribution in [0.25, 0.3) is 0 Å². The van der Waals surface area contributed by atoms with Gasteiger partial charge in [0.2, 0.25) is 10.0 Å². The highest BCUT2D eigenvalue weighted by atomic mass is 79.9. The van der Waals surface area contributed by atoms with E-state index in [1.54, 1.807) is 30.5 Å². The van der Waals surface area contributed by atoms with Crippen LogP contribution in [0.1, 0.15) is 22.7 Å². The summed E-state index contributed by atoms with van der Waals surface area (Å²) < 4.78 is 27.4. The topological polar surface area (TPSA) is 63.4 Å². The van der Waals surface area contributed by atoms with Crippen molar-refractivity contribution < 1.29 is 8.42 Å². The zero-order valence-corrected chi connectivity index (χ0v) is 15.2. The number of thiophene rings is 1. The third-order valence-electron chi connectivity index (χ3n) is 3.33. The molecule has 0 amide bonds. The fraction of sp³-hybridized carbons (Fsp3) is 0.286. The van der Waals surface area contributed by atoms with Crippen molar-refractivity contribution in [2.75, 3.05) is 12.8 Å². The van der Waals surface area contributed by atoms with Crippen molar-refractivity contribution in [1.29, 1.82) is 0 Å². The number of benzene rings is 1. The Balaban J connectivity index is 2.38. The van der Waals surface area contributed by atoms with E-state index < -0.39 is 10.0 Å². The Labute approximate surface area is 137 Å². The van der Waals surface area contributed by atoms with E-state index in [4.69, 9.17) is 5.73 Å². The third kappa shape index (κ3) is 3.31. The van der Waals surface area contributed by atoms with Crippen LogP contribution >= 0.6 is 27.3 Å². The number of hydrogen-bond donors (Lipinski definition) is 1. The van der Waals surface area contributed by atoms with Gasteiger partial charge in [-0.2, -0.15) is 4.31 Å². The molecule has 0 bridgehead atoms. The van der Waals surface area contributed by atoms with Gasteiger partial charge in [0.25, 0.3) is 0 Å². The molecule has 0 aliphatic heterocycles. The van der Waals surface area contributed by atoms with E-state index in [0.717, 1.165) is 9.75 Å². The number of halogens is 1. The van der Waals surface area contributed by atoms with Crippen LogP contribution in [-0.2, 0) is 10.0 Å². The van der Waals surface area contributed by atoms with Gasteiger partial charge in [-0.05, 0) is 60.1 Å². The van der Waals surface area contributed by atoms with E-state index in [-0.39, 0.29) is 10.9 Å². The molecular weight excluding hydrogens is 372 g/mol. The number of nitrogen functional groups attached to an aromatic ring is 1. The predicted octanol–water partition coefficient (Wildman–Crippen LogP) is 3.78. The molecule has 2 N–H and O–H groups in total. The zero-order valence-electron chi connectivity index (χ0n) is 12.0. The summed E-state index contributed by atoms with van der Waals surface area (Å²) in [5, 5.41) is 0. The van der Waals surface area contributed by atoms with E-state index in [1.165, 1.54) is 10.4 Å². The van der Waals surface area contributed by atoms with Crippen LogP contribution in [-0.4, -0.2) is 19.8 Å². The summed E-state index contributed by atoms with van der Waals surface area (Å²) in [5.74, 6) is 0. The molecule has 0 radical (unpaired) electrons. The van der Waals surface area contributed by atoms with Crippen LogP contribution in [0.3, 0.4) is 0 Å². The van der Waals surface area contributed by atoms with Crippen molar-refractivity contribution >= 4 is 43.0 Å². The maximum Gasteiger partial charge on any atom is 0.244 e. The molecule has 0 aliphatic carbocycles. The minimum Gasteiger partial charge on any atom is -0.399 e. The quantitative estimate of drug-likeness (QED) is 0.810. The molecule has 1 aromatic heterocycles. The van der Waals surface area contributed by atoms with Gasteiger partial charge in [0, 0.05) is 27.0 Å². The maximum absolute atomic E-state index is 12.7. The second-order valence-corrected chi connectivity index (χ2v) is 8.98. The molecule has 21 heavy (non-hydrogen) atoms. The van der Waals surface area contributed by atoms with Gasteiger partial charge < -0.3 is 5.73 Å². The van der Waals surface area contributed by atoms with Crippen molar-refractivity contribution in [2.45, 2.75) is 24.8 Å². The summed E-state index contributed by atoms with van der Waals surface area (Å²) in [7, 11) is -1.99. The molecule has 0 saturated heterocycles. The van der Waals surface area contributed by atoms with Crippen LogP contribution in [0.2, 0.25) is 0 Å². The fourth-order valence-corrected chi connectivity index (χ4v) is 5.38. The van der Waals surface area contributed by atoms with Gasteiger partial charge in [-0.15, -0.1) is 11.3 Å². The van der Waals surface area contributed by atoms with Gasteiger partial charge in [-0.3, -0.25) is 0 Å². The lowest BCUT2D eigenvalue weighted by Gasteiger charge is -2.24. The first-order valence-corrected chi connectivity index (χ1v) is 9.38. The van der Waals surface area contributed by atoms with Crippen molar-refractivity contribution in [3.8, 4) is 0 Å². The zero-order chi connectivity index (χ0) is 15.8. The molecule has 0 fully saturated rings. The second-order valence-electron chi connectivity index (χ2n) is 4.84. The lowest BCUT2D eigenvalue weighted by atomic mass is 10.3. The van der Waals surface area contributed by atoms with Gasteiger partial charge >= 0.3 is 0 Å². The lowest BCUT2D eigenvalue weighted by molar-refractivity contribution is 0.402. The second kappa shape index (κ2) is 6.08. The highest BCUT2D eigenvalue weighted by molar-refractivity contribution is 9.10.